The molecular formula is C13H14N4OS. The number of thiophene rings is 1. The third kappa shape index (κ3) is 2.66. The summed E-state index contributed by atoms with van der Waals surface area (Å²) in [6.07, 6.45) is 8.58. The number of hydrogen-bond acceptors (Lipinski definition) is 5. The first kappa shape index (κ1) is 13.3. The van der Waals surface area contributed by atoms with Crippen LogP contribution in [0.25, 0.3) is 10.2 Å². The quantitative estimate of drug-likeness (QED) is 0.833. The topological polar surface area (TPSA) is 80.9 Å². The molecule has 5 nitrogen and oxygen atoms in total. The van der Waals surface area contributed by atoms with Gasteiger partial charge in [0.15, 0.2) is 0 Å². The molecule has 0 spiro atoms. The van der Waals surface area contributed by atoms with Gasteiger partial charge in [0.05, 0.1) is 17.9 Å². The van der Waals surface area contributed by atoms with Crippen molar-refractivity contribution in [2.75, 3.05) is 5.73 Å². The Morgan fingerprint density at radius 1 is 1.68 bits per heavy atom. The van der Waals surface area contributed by atoms with Crippen molar-refractivity contribution in [1.29, 1.82) is 0 Å². The summed E-state index contributed by atoms with van der Waals surface area (Å²) >= 11 is 1.22. The molecule has 2 aromatic heterocycles. The molecule has 0 aliphatic rings. The average molecular weight is 274 g/mol. The Bertz CT molecular complexity index is 644. The van der Waals surface area contributed by atoms with E-state index in [1.807, 2.05) is 6.92 Å². The highest BCUT2D eigenvalue weighted by Gasteiger charge is 2.19. The van der Waals surface area contributed by atoms with Gasteiger partial charge in [-0.05, 0) is 12.5 Å². The lowest BCUT2D eigenvalue weighted by molar-refractivity contribution is 0.0949. The van der Waals surface area contributed by atoms with Gasteiger partial charge >= 0.3 is 0 Å². The molecule has 1 atom stereocenters. The predicted octanol–water partition coefficient (Wildman–Crippen LogP) is 1.81. The van der Waals surface area contributed by atoms with E-state index in [0.29, 0.717) is 15.4 Å². The first-order chi connectivity index (χ1) is 9.17. The van der Waals surface area contributed by atoms with Crippen LogP contribution < -0.4 is 11.1 Å². The Hall–Kier alpha value is -2.13. The van der Waals surface area contributed by atoms with E-state index in [1.54, 1.807) is 12.3 Å². The van der Waals surface area contributed by atoms with Crippen LogP contribution in [0.1, 0.15) is 29.4 Å². The van der Waals surface area contributed by atoms with E-state index in [9.17, 15) is 4.79 Å². The molecule has 2 heterocycles. The fraction of sp³-hybridized carbons (Fsp3) is 0.308. The van der Waals surface area contributed by atoms with Crippen molar-refractivity contribution in [3.8, 4) is 12.3 Å². The van der Waals surface area contributed by atoms with Crippen LogP contribution in [0.4, 0.5) is 5.69 Å². The van der Waals surface area contributed by atoms with Crippen molar-refractivity contribution < 1.29 is 4.79 Å². The standard InChI is InChI=1S/C13H14N4OS/c1-3-5-8(4-2)16-12(18)11-10(14)9-6-7-15-17-13(9)19-11/h2,6-8H,3,5,14H2,1H3,(H,16,18). The molecule has 0 bridgehead atoms. The Balaban J connectivity index is 2.27. The molecule has 0 aliphatic heterocycles. The van der Waals surface area contributed by atoms with Gasteiger partial charge in [-0.2, -0.15) is 5.10 Å². The Labute approximate surface area is 115 Å². The molecule has 0 aliphatic carbocycles. The van der Waals surface area contributed by atoms with Crippen molar-refractivity contribution in [3.05, 3.63) is 17.1 Å². The van der Waals surface area contributed by atoms with Crippen molar-refractivity contribution in [2.24, 2.45) is 0 Å². The lowest BCUT2D eigenvalue weighted by Gasteiger charge is -2.11. The smallest absolute Gasteiger partial charge is 0.264 e. The average Bonchev–Trinajstić information content (AvgIpc) is 2.76. The summed E-state index contributed by atoms with van der Waals surface area (Å²) in [4.78, 5) is 13.2. The molecule has 0 fully saturated rings. The van der Waals surface area contributed by atoms with Crippen LogP contribution in [0.5, 0.6) is 0 Å². The molecule has 1 unspecified atom stereocenters. The fourth-order valence-electron chi connectivity index (χ4n) is 1.75. The molecule has 6 heteroatoms. The van der Waals surface area contributed by atoms with Gasteiger partial charge in [-0.25, -0.2) is 0 Å². The zero-order chi connectivity index (χ0) is 13.8. The predicted molar refractivity (Wildman–Crippen MR) is 76.8 cm³/mol. The molecule has 0 radical (unpaired) electrons. The molecule has 1 amide bonds. The van der Waals surface area contributed by atoms with Crippen LogP contribution in [0, 0.1) is 12.3 Å². The largest absolute Gasteiger partial charge is 0.397 e. The maximum absolute atomic E-state index is 12.2. The first-order valence-corrected chi connectivity index (χ1v) is 6.75. The van der Waals surface area contributed by atoms with Crippen molar-refractivity contribution >= 4 is 33.1 Å². The van der Waals surface area contributed by atoms with Gasteiger partial charge in [0.25, 0.3) is 5.91 Å². The van der Waals surface area contributed by atoms with E-state index in [-0.39, 0.29) is 11.9 Å². The van der Waals surface area contributed by atoms with Crippen LogP contribution in [-0.4, -0.2) is 22.1 Å². The maximum atomic E-state index is 12.2. The third-order valence-corrected chi connectivity index (χ3v) is 3.81. The molecule has 3 N–H and O–H groups in total. The number of hydrogen-bond donors (Lipinski definition) is 2. The van der Waals surface area contributed by atoms with Crippen LogP contribution in [0.3, 0.4) is 0 Å². The van der Waals surface area contributed by atoms with Gasteiger partial charge in [0.1, 0.15) is 9.71 Å². The monoisotopic (exact) mass is 274 g/mol. The third-order valence-electron chi connectivity index (χ3n) is 2.71. The number of nitrogens with zero attached hydrogens (tertiary/aromatic N) is 2. The number of carbonyl (C=O) groups is 1. The number of anilines is 1. The second-order valence-electron chi connectivity index (χ2n) is 4.08. The van der Waals surface area contributed by atoms with Crippen molar-refractivity contribution in [2.45, 2.75) is 25.8 Å². The second-order valence-corrected chi connectivity index (χ2v) is 5.08. The number of rotatable bonds is 4. The maximum Gasteiger partial charge on any atom is 0.264 e. The number of nitrogen functional groups attached to an aromatic ring is 1. The number of nitrogens with one attached hydrogen (secondary N) is 1. The summed E-state index contributed by atoms with van der Waals surface area (Å²) in [7, 11) is 0. The summed E-state index contributed by atoms with van der Waals surface area (Å²) in [5, 5.41) is 11.3. The zero-order valence-electron chi connectivity index (χ0n) is 10.5. The summed E-state index contributed by atoms with van der Waals surface area (Å²) < 4.78 is 0. The minimum Gasteiger partial charge on any atom is -0.397 e. The molecule has 2 rings (SSSR count). The van der Waals surface area contributed by atoms with E-state index in [0.717, 1.165) is 18.2 Å². The molecule has 0 saturated heterocycles. The number of aromatic nitrogens is 2. The van der Waals surface area contributed by atoms with E-state index in [4.69, 9.17) is 12.2 Å². The number of carbonyl (C=O) groups excluding carboxylic acids is 1. The lowest BCUT2D eigenvalue weighted by Crippen LogP contribution is -2.33. The number of amides is 1. The SMILES string of the molecule is C#CC(CCC)NC(=O)c1sc2nnccc2c1N. The van der Waals surface area contributed by atoms with Gasteiger partial charge in [-0.15, -0.1) is 22.9 Å². The number of fused-ring (bicyclic) bond motifs is 1. The van der Waals surface area contributed by atoms with E-state index >= 15 is 0 Å². The first-order valence-electron chi connectivity index (χ1n) is 5.94. The van der Waals surface area contributed by atoms with Crippen LogP contribution in [0.15, 0.2) is 12.3 Å². The van der Waals surface area contributed by atoms with Gasteiger partial charge in [-0.1, -0.05) is 19.3 Å². The van der Waals surface area contributed by atoms with Crippen molar-refractivity contribution in [1.82, 2.24) is 15.5 Å². The zero-order valence-corrected chi connectivity index (χ0v) is 11.3. The Morgan fingerprint density at radius 3 is 3.11 bits per heavy atom. The van der Waals surface area contributed by atoms with Crippen LogP contribution >= 0.6 is 11.3 Å². The van der Waals surface area contributed by atoms with Crippen LogP contribution in [0.2, 0.25) is 0 Å². The summed E-state index contributed by atoms with van der Waals surface area (Å²) in [6.45, 7) is 2.01. The highest BCUT2D eigenvalue weighted by atomic mass is 32.1. The number of terminal acetylenes is 1. The fourth-order valence-corrected chi connectivity index (χ4v) is 2.69. The molecular weight excluding hydrogens is 260 g/mol. The van der Waals surface area contributed by atoms with Gasteiger partial charge in [0.2, 0.25) is 0 Å². The van der Waals surface area contributed by atoms with Gasteiger partial charge in [-0.3, -0.25) is 4.79 Å². The summed E-state index contributed by atoms with van der Waals surface area (Å²) in [5.41, 5.74) is 6.39. The molecule has 0 aromatic carbocycles. The van der Waals surface area contributed by atoms with E-state index in [2.05, 4.69) is 21.4 Å². The van der Waals surface area contributed by atoms with E-state index < -0.39 is 0 Å². The Kier molecular flexibility index (Phi) is 3.97. The molecule has 98 valence electrons. The van der Waals surface area contributed by atoms with Gasteiger partial charge < -0.3 is 11.1 Å². The van der Waals surface area contributed by atoms with Gasteiger partial charge in [0, 0.05) is 5.39 Å². The minimum absolute atomic E-state index is 0.253. The highest BCUT2D eigenvalue weighted by Crippen LogP contribution is 2.31. The Morgan fingerprint density at radius 2 is 2.47 bits per heavy atom. The highest BCUT2D eigenvalue weighted by molar-refractivity contribution is 7.21. The normalized spacial score (nSPS) is 12.0. The lowest BCUT2D eigenvalue weighted by atomic mass is 10.2. The minimum atomic E-state index is -0.270. The molecule has 2 aromatic rings. The number of nitrogens with two attached hydrogens (primary N) is 1. The molecule has 0 saturated carbocycles. The van der Waals surface area contributed by atoms with E-state index in [1.165, 1.54) is 11.3 Å². The second kappa shape index (κ2) is 5.67. The van der Waals surface area contributed by atoms with Crippen molar-refractivity contribution in [3.63, 3.8) is 0 Å². The van der Waals surface area contributed by atoms with Crippen LogP contribution in [-0.2, 0) is 0 Å². The summed E-state index contributed by atoms with van der Waals surface area (Å²) in [6, 6.07) is 1.48. The molecule has 19 heavy (non-hydrogen) atoms. The summed E-state index contributed by atoms with van der Waals surface area (Å²) in [5.74, 6) is 2.31.